The minimum Gasteiger partial charge on any atom is -0.485 e. The molecule has 158 valence electrons. The summed E-state index contributed by atoms with van der Waals surface area (Å²) in [7, 11) is 0. The van der Waals surface area contributed by atoms with Crippen LogP contribution in [0.3, 0.4) is 0 Å². The molecular weight excluding hydrogens is 496 g/mol. The van der Waals surface area contributed by atoms with Crippen LogP contribution in [0.1, 0.15) is 6.42 Å². The topological polar surface area (TPSA) is 64.3 Å². The molecule has 5 rings (SSSR count). The van der Waals surface area contributed by atoms with Gasteiger partial charge in [-0.25, -0.2) is 9.37 Å². The van der Waals surface area contributed by atoms with E-state index in [9.17, 15) is 4.39 Å². The highest BCUT2D eigenvalue weighted by atomic mass is 79.9. The molecule has 1 aliphatic heterocycles. The van der Waals surface area contributed by atoms with E-state index in [0.717, 1.165) is 22.1 Å². The van der Waals surface area contributed by atoms with Crippen molar-refractivity contribution < 1.29 is 9.13 Å². The normalized spacial score (nSPS) is 18.6. The Morgan fingerprint density at radius 1 is 1.10 bits per heavy atom. The Morgan fingerprint density at radius 2 is 1.97 bits per heavy atom. The van der Waals surface area contributed by atoms with Crippen LogP contribution in [0, 0.1) is 0 Å². The Morgan fingerprint density at radius 3 is 2.80 bits per heavy atom. The summed E-state index contributed by atoms with van der Waals surface area (Å²) in [6.07, 6.45) is 1.02. The van der Waals surface area contributed by atoms with Crippen LogP contribution in [0.25, 0.3) is 28.1 Å². The maximum atomic E-state index is 14.2. The first-order valence-electron chi connectivity index (χ1n) is 9.11. The molecule has 3 aromatic heterocycles. The number of pyridine rings is 2. The van der Waals surface area contributed by atoms with Gasteiger partial charge in [-0.05, 0) is 53.2 Å². The summed E-state index contributed by atoms with van der Waals surface area (Å²) in [5, 5.41) is 12.5. The van der Waals surface area contributed by atoms with Gasteiger partial charge in [0, 0.05) is 22.6 Å². The van der Waals surface area contributed by atoms with Crippen LogP contribution in [0.15, 0.2) is 53.1 Å². The first-order valence-corrected chi connectivity index (χ1v) is 9.90. The number of halogens is 4. The van der Waals surface area contributed by atoms with Crippen molar-refractivity contribution in [2.24, 2.45) is 0 Å². The van der Waals surface area contributed by atoms with Crippen molar-refractivity contribution in [2.75, 3.05) is 13.1 Å². The van der Waals surface area contributed by atoms with Crippen LogP contribution in [0.4, 0.5) is 4.39 Å². The van der Waals surface area contributed by atoms with E-state index in [-0.39, 0.29) is 24.8 Å². The van der Waals surface area contributed by atoms with Gasteiger partial charge in [-0.3, -0.25) is 4.40 Å². The predicted octanol–water partition coefficient (Wildman–Crippen LogP) is 4.63. The van der Waals surface area contributed by atoms with E-state index in [1.54, 1.807) is 0 Å². The van der Waals surface area contributed by atoms with Crippen molar-refractivity contribution in [1.82, 2.24) is 24.9 Å². The monoisotopic (exact) mass is 513 g/mol. The number of rotatable bonds is 3. The summed E-state index contributed by atoms with van der Waals surface area (Å²) in [6, 6.07) is 13.4. The zero-order valence-electron chi connectivity index (χ0n) is 15.7. The number of ether oxygens (including phenoxy) is 1. The molecule has 6 nitrogen and oxygen atoms in total. The van der Waals surface area contributed by atoms with Crippen molar-refractivity contribution in [3.8, 4) is 17.3 Å². The number of nitrogens with one attached hydrogen (secondary N) is 1. The fraction of sp³-hybridized carbons (Fsp3) is 0.250. The lowest BCUT2D eigenvalue weighted by molar-refractivity contribution is 0.0742. The first-order chi connectivity index (χ1) is 13.7. The first kappa shape index (κ1) is 22.7. The molecule has 1 aromatic carbocycles. The number of aromatic nitrogens is 4. The second-order valence-electron chi connectivity index (χ2n) is 6.79. The second-order valence-corrected chi connectivity index (χ2v) is 7.70. The van der Waals surface area contributed by atoms with E-state index in [1.165, 1.54) is 0 Å². The maximum absolute atomic E-state index is 14.2. The predicted molar refractivity (Wildman–Crippen MR) is 123 cm³/mol. The second kappa shape index (κ2) is 9.43. The van der Waals surface area contributed by atoms with Crippen LogP contribution < -0.4 is 10.1 Å². The third-order valence-electron chi connectivity index (χ3n) is 4.91. The average Bonchev–Trinajstić information content (AvgIpc) is 3.12. The molecule has 1 N–H and O–H groups in total. The van der Waals surface area contributed by atoms with Crippen molar-refractivity contribution in [2.45, 2.75) is 18.7 Å². The van der Waals surface area contributed by atoms with Gasteiger partial charge in [0.05, 0.1) is 0 Å². The van der Waals surface area contributed by atoms with Gasteiger partial charge in [0.1, 0.15) is 29.2 Å². The van der Waals surface area contributed by atoms with Gasteiger partial charge in [0.2, 0.25) is 0 Å². The van der Waals surface area contributed by atoms with Gasteiger partial charge >= 0.3 is 0 Å². The molecule has 0 saturated carbocycles. The molecule has 30 heavy (non-hydrogen) atoms. The molecule has 1 aliphatic rings. The lowest BCUT2D eigenvalue weighted by Gasteiger charge is -2.27. The highest BCUT2D eigenvalue weighted by molar-refractivity contribution is 9.10. The molecule has 0 bridgehead atoms. The Hall–Kier alpha value is -2.00. The Bertz CT molecular complexity index is 1170. The summed E-state index contributed by atoms with van der Waals surface area (Å²) >= 11 is 3.48. The van der Waals surface area contributed by atoms with E-state index < -0.39 is 12.3 Å². The molecule has 4 heterocycles. The van der Waals surface area contributed by atoms with E-state index in [0.29, 0.717) is 35.8 Å². The smallest absolute Gasteiger partial charge is 0.187 e. The van der Waals surface area contributed by atoms with Gasteiger partial charge in [0.15, 0.2) is 11.5 Å². The molecule has 0 aliphatic carbocycles. The molecule has 2 atom stereocenters. The number of hydrogen-bond acceptors (Lipinski definition) is 5. The lowest BCUT2D eigenvalue weighted by atomic mass is 10.1. The van der Waals surface area contributed by atoms with Crippen molar-refractivity contribution in [3.05, 3.63) is 53.1 Å². The fourth-order valence-electron chi connectivity index (χ4n) is 3.47. The number of fused-ring (bicyclic) bond motifs is 2. The molecule has 0 spiro atoms. The summed E-state index contributed by atoms with van der Waals surface area (Å²) in [5.41, 5.74) is 2.10. The molecule has 0 radical (unpaired) electrons. The van der Waals surface area contributed by atoms with Crippen LogP contribution in [0.2, 0.25) is 0 Å². The van der Waals surface area contributed by atoms with E-state index in [2.05, 4.69) is 31.4 Å². The molecule has 10 heteroatoms. The largest absolute Gasteiger partial charge is 0.485 e. The van der Waals surface area contributed by atoms with E-state index >= 15 is 0 Å². The summed E-state index contributed by atoms with van der Waals surface area (Å²) < 4.78 is 23.0. The summed E-state index contributed by atoms with van der Waals surface area (Å²) in [4.78, 5) is 4.79. The minimum absolute atomic E-state index is 0. The number of benzene rings is 1. The fourth-order valence-corrected chi connectivity index (χ4v) is 3.81. The number of para-hydroxylation sites is 1. The van der Waals surface area contributed by atoms with Crippen molar-refractivity contribution >= 4 is 57.3 Å². The summed E-state index contributed by atoms with van der Waals surface area (Å²) in [6.45, 7) is 1.06. The number of alkyl halides is 1. The summed E-state index contributed by atoms with van der Waals surface area (Å²) in [5.74, 6) is 1.22. The molecule has 0 amide bonds. The third-order valence-corrected chi connectivity index (χ3v) is 5.37. The Labute approximate surface area is 193 Å². The van der Waals surface area contributed by atoms with Gasteiger partial charge in [-0.1, -0.05) is 18.2 Å². The molecular formula is C20H19BrCl2FN5O. The van der Waals surface area contributed by atoms with Crippen LogP contribution >= 0.6 is 40.7 Å². The minimum atomic E-state index is -1.04. The molecule has 0 unspecified atom stereocenters. The number of nitrogens with zero attached hydrogens (tertiary/aromatic N) is 4. The standard InChI is InChI=1S/C20H17BrFN5O.2ClH/c21-13-5-7-18-25-26-20(27(18)11-13)15-6-4-12-2-1-3-17(19(12)24-15)28-16-8-9-23-10-14(16)22;;/h1-7,11,14,16,23H,8-10H2;2*1H/t14-,16+;;/m0../s1. The maximum Gasteiger partial charge on any atom is 0.187 e. The highest BCUT2D eigenvalue weighted by Gasteiger charge is 2.27. The average molecular weight is 515 g/mol. The Kier molecular flexibility index (Phi) is 7.13. The lowest BCUT2D eigenvalue weighted by Crippen LogP contribution is -2.44. The van der Waals surface area contributed by atoms with Crippen molar-refractivity contribution in [1.29, 1.82) is 0 Å². The zero-order valence-corrected chi connectivity index (χ0v) is 18.9. The van der Waals surface area contributed by atoms with Gasteiger partial charge in [0.25, 0.3) is 0 Å². The zero-order chi connectivity index (χ0) is 19.1. The van der Waals surface area contributed by atoms with Crippen LogP contribution in [-0.2, 0) is 0 Å². The van der Waals surface area contributed by atoms with Crippen molar-refractivity contribution in [3.63, 3.8) is 0 Å². The van der Waals surface area contributed by atoms with E-state index in [4.69, 9.17) is 9.72 Å². The van der Waals surface area contributed by atoms with Gasteiger partial charge in [-0.15, -0.1) is 35.0 Å². The SMILES string of the molecule is Cl.Cl.F[C@H]1CNCC[C@H]1Oc1cccc2ccc(-c3nnc4ccc(Br)cn34)nc12. The molecule has 4 aromatic rings. The van der Waals surface area contributed by atoms with E-state index in [1.807, 2.05) is 53.1 Å². The number of hydrogen-bond donors (Lipinski definition) is 1. The third kappa shape index (κ3) is 4.23. The highest BCUT2D eigenvalue weighted by Crippen LogP contribution is 2.29. The van der Waals surface area contributed by atoms with Crippen LogP contribution in [0.5, 0.6) is 5.75 Å². The Balaban J connectivity index is 0.00000128. The number of piperidine rings is 1. The van der Waals surface area contributed by atoms with Gasteiger partial charge < -0.3 is 10.1 Å². The molecule has 1 saturated heterocycles. The van der Waals surface area contributed by atoms with Gasteiger partial charge in [-0.2, -0.15) is 0 Å². The quantitative estimate of drug-likeness (QED) is 0.432. The molecule has 1 fully saturated rings. The van der Waals surface area contributed by atoms with Crippen LogP contribution in [-0.4, -0.2) is 44.9 Å².